The summed E-state index contributed by atoms with van der Waals surface area (Å²) >= 11 is 0. The van der Waals surface area contributed by atoms with E-state index in [1.165, 1.54) is 12.8 Å². The van der Waals surface area contributed by atoms with Crippen molar-refractivity contribution >= 4 is 5.91 Å². The zero-order chi connectivity index (χ0) is 14.8. The maximum Gasteiger partial charge on any atom is 0.220 e. The Labute approximate surface area is 125 Å². The summed E-state index contributed by atoms with van der Waals surface area (Å²) in [5.41, 5.74) is 0.939. The van der Waals surface area contributed by atoms with Gasteiger partial charge in [-0.15, -0.1) is 0 Å². The quantitative estimate of drug-likeness (QED) is 0.797. The molecule has 21 heavy (non-hydrogen) atoms. The highest BCUT2D eigenvalue weighted by atomic mass is 16.3. The molecular weight excluding hydrogens is 264 g/mol. The molecule has 0 spiro atoms. The number of nitrogens with one attached hydrogen (secondary N) is 2. The van der Waals surface area contributed by atoms with E-state index in [2.05, 4.69) is 10.6 Å². The van der Waals surface area contributed by atoms with Crippen molar-refractivity contribution in [3.63, 3.8) is 0 Å². The summed E-state index contributed by atoms with van der Waals surface area (Å²) in [6.07, 6.45) is 5.41. The highest BCUT2D eigenvalue weighted by molar-refractivity contribution is 5.76. The van der Waals surface area contributed by atoms with Crippen molar-refractivity contribution in [2.45, 2.75) is 57.2 Å². The lowest BCUT2D eigenvalue weighted by atomic mass is 9.89. The molecular formula is C17H24N2O2. The van der Waals surface area contributed by atoms with Gasteiger partial charge in [-0.1, -0.05) is 12.1 Å². The first-order valence-electron chi connectivity index (χ1n) is 7.94. The van der Waals surface area contributed by atoms with E-state index in [0.29, 0.717) is 24.4 Å². The van der Waals surface area contributed by atoms with Crippen LogP contribution in [0.4, 0.5) is 0 Å². The normalized spacial score (nSPS) is 29.1. The minimum absolute atomic E-state index is 0.0666. The van der Waals surface area contributed by atoms with Gasteiger partial charge < -0.3 is 15.7 Å². The Bertz CT molecular complexity index is 505. The molecule has 1 aromatic rings. The zero-order valence-electron chi connectivity index (χ0n) is 12.5. The largest absolute Gasteiger partial charge is 0.508 e. The molecule has 0 aliphatic carbocycles. The Morgan fingerprint density at radius 2 is 2.10 bits per heavy atom. The first-order valence-corrected chi connectivity index (χ1v) is 7.94. The SMILES string of the molecule is CC(NC(=O)CC1CC2CCC(C1)N2)c1cccc(O)c1. The molecule has 3 atom stereocenters. The van der Waals surface area contributed by atoms with Crippen molar-refractivity contribution in [2.75, 3.05) is 0 Å². The number of hydrogen-bond acceptors (Lipinski definition) is 3. The van der Waals surface area contributed by atoms with E-state index >= 15 is 0 Å². The van der Waals surface area contributed by atoms with Gasteiger partial charge in [-0.2, -0.15) is 0 Å². The number of rotatable bonds is 4. The van der Waals surface area contributed by atoms with Crippen molar-refractivity contribution in [2.24, 2.45) is 5.92 Å². The molecule has 2 heterocycles. The molecule has 1 amide bonds. The van der Waals surface area contributed by atoms with E-state index in [4.69, 9.17) is 0 Å². The molecule has 114 valence electrons. The summed E-state index contributed by atoms with van der Waals surface area (Å²) < 4.78 is 0. The lowest BCUT2D eigenvalue weighted by molar-refractivity contribution is -0.122. The van der Waals surface area contributed by atoms with Gasteiger partial charge in [0.1, 0.15) is 5.75 Å². The van der Waals surface area contributed by atoms with Gasteiger partial charge in [-0.25, -0.2) is 0 Å². The van der Waals surface area contributed by atoms with Crippen LogP contribution in [0.5, 0.6) is 5.75 Å². The van der Waals surface area contributed by atoms with Gasteiger partial charge in [0.25, 0.3) is 0 Å². The Morgan fingerprint density at radius 3 is 2.76 bits per heavy atom. The fourth-order valence-corrected chi connectivity index (χ4v) is 3.78. The summed E-state index contributed by atoms with van der Waals surface area (Å²) in [7, 11) is 0. The fourth-order valence-electron chi connectivity index (χ4n) is 3.78. The molecule has 2 aliphatic rings. The molecule has 2 saturated heterocycles. The van der Waals surface area contributed by atoms with E-state index in [9.17, 15) is 9.90 Å². The van der Waals surface area contributed by atoms with Crippen LogP contribution in [0, 0.1) is 5.92 Å². The van der Waals surface area contributed by atoms with Gasteiger partial charge in [0.15, 0.2) is 0 Å². The average molecular weight is 288 g/mol. The average Bonchev–Trinajstić information content (AvgIpc) is 2.77. The van der Waals surface area contributed by atoms with Crippen LogP contribution >= 0.6 is 0 Å². The van der Waals surface area contributed by atoms with Gasteiger partial charge in [0.05, 0.1) is 6.04 Å². The molecule has 2 aliphatic heterocycles. The summed E-state index contributed by atoms with van der Waals surface area (Å²) in [6, 6.07) is 8.27. The highest BCUT2D eigenvalue weighted by Gasteiger charge is 2.34. The maximum atomic E-state index is 12.2. The third-order valence-electron chi connectivity index (χ3n) is 4.79. The van der Waals surface area contributed by atoms with Crippen molar-refractivity contribution in [3.8, 4) is 5.75 Å². The third-order valence-corrected chi connectivity index (χ3v) is 4.79. The number of hydrogen-bond donors (Lipinski definition) is 3. The number of piperidine rings is 1. The Morgan fingerprint density at radius 1 is 1.38 bits per heavy atom. The summed E-state index contributed by atoms with van der Waals surface area (Å²) in [4.78, 5) is 12.2. The molecule has 4 nitrogen and oxygen atoms in total. The molecule has 4 heteroatoms. The number of carbonyl (C=O) groups excluding carboxylic acids is 1. The lowest BCUT2D eigenvalue weighted by Gasteiger charge is -2.29. The molecule has 0 aromatic heterocycles. The second kappa shape index (κ2) is 6.06. The number of amides is 1. The van der Waals surface area contributed by atoms with Crippen molar-refractivity contribution in [3.05, 3.63) is 29.8 Å². The lowest BCUT2D eigenvalue weighted by Crippen LogP contribution is -2.40. The zero-order valence-corrected chi connectivity index (χ0v) is 12.5. The van der Waals surface area contributed by atoms with Crippen LogP contribution in [-0.2, 0) is 4.79 Å². The van der Waals surface area contributed by atoms with Crippen LogP contribution in [0.2, 0.25) is 0 Å². The number of phenolic OH excluding ortho intramolecular Hbond substituents is 1. The van der Waals surface area contributed by atoms with Gasteiger partial charge in [0.2, 0.25) is 5.91 Å². The second-order valence-electron chi connectivity index (χ2n) is 6.56. The minimum atomic E-state index is -0.0666. The monoisotopic (exact) mass is 288 g/mol. The predicted octanol–water partition coefficient (Wildman–Crippen LogP) is 2.49. The first-order chi connectivity index (χ1) is 10.1. The maximum absolute atomic E-state index is 12.2. The third kappa shape index (κ3) is 3.56. The molecule has 0 saturated carbocycles. The number of benzene rings is 1. The van der Waals surface area contributed by atoms with E-state index in [-0.39, 0.29) is 17.7 Å². The molecule has 3 rings (SSSR count). The predicted molar refractivity (Wildman–Crippen MR) is 82.0 cm³/mol. The van der Waals surface area contributed by atoms with Gasteiger partial charge in [0, 0.05) is 18.5 Å². The van der Waals surface area contributed by atoms with Crippen LogP contribution in [0.1, 0.15) is 50.6 Å². The smallest absolute Gasteiger partial charge is 0.220 e. The fraction of sp³-hybridized carbons (Fsp3) is 0.588. The van der Waals surface area contributed by atoms with Crippen LogP contribution < -0.4 is 10.6 Å². The number of carbonyl (C=O) groups is 1. The molecule has 1 aromatic carbocycles. The first kappa shape index (κ1) is 14.4. The summed E-state index contributed by atoms with van der Waals surface area (Å²) in [5.74, 6) is 0.876. The highest BCUT2D eigenvalue weighted by Crippen LogP contribution is 2.32. The van der Waals surface area contributed by atoms with E-state index in [1.807, 2.05) is 13.0 Å². The summed E-state index contributed by atoms with van der Waals surface area (Å²) in [6.45, 7) is 1.96. The van der Waals surface area contributed by atoms with E-state index < -0.39 is 0 Å². The van der Waals surface area contributed by atoms with Gasteiger partial charge >= 0.3 is 0 Å². The Hall–Kier alpha value is -1.55. The summed E-state index contributed by atoms with van der Waals surface area (Å²) in [5, 5.41) is 16.2. The van der Waals surface area contributed by atoms with Crippen molar-refractivity contribution in [1.82, 2.24) is 10.6 Å². The van der Waals surface area contributed by atoms with Crippen molar-refractivity contribution in [1.29, 1.82) is 0 Å². The van der Waals surface area contributed by atoms with Gasteiger partial charge in [-0.05, 0) is 56.2 Å². The van der Waals surface area contributed by atoms with Crippen molar-refractivity contribution < 1.29 is 9.90 Å². The Balaban J connectivity index is 1.52. The Kier molecular flexibility index (Phi) is 4.15. The van der Waals surface area contributed by atoms with Crippen LogP contribution in [-0.4, -0.2) is 23.1 Å². The van der Waals surface area contributed by atoms with Crippen LogP contribution in [0.3, 0.4) is 0 Å². The molecule has 2 bridgehead atoms. The molecule has 2 fully saturated rings. The standard InChI is InChI=1S/C17H24N2O2/c1-11(13-3-2-4-16(20)10-13)18-17(21)9-12-7-14-5-6-15(8-12)19-14/h2-4,10-12,14-15,19-20H,5-9H2,1H3,(H,18,21). The topological polar surface area (TPSA) is 61.4 Å². The van der Waals surface area contributed by atoms with Crippen LogP contribution in [0.15, 0.2) is 24.3 Å². The second-order valence-corrected chi connectivity index (χ2v) is 6.56. The van der Waals surface area contributed by atoms with Gasteiger partial charge in [-0.3, -0.25) is 4.79 Å². The molecule has 3 N–H and O–H groups in total. The molecule has 3 unspecified atom stereocenters. The van der Waals surface area contributed by atoms with E-state index in [0.717, 1.165) is 18.4 Å². The number of fused-ring (bicyclic) bond motifs is 2. The van der Waals surface area contributed by atoms with E-state index in [1.54, 1.807) is 18.2 Å². The van der Waals surface area contributed by atoms with Crippen LogP contribution in [0.25, 0.3) is 0 Å². The minimum Gasteiger partial charge on any atom is -0.508 e. The molecule has 0 radical (unpaired) electrons. The number of phenols is 1. The number of aromatic hydroxyl groups is 1.